The number of rotatable bonds is 6. The van der Waals surface area contributed by atoms with Crippen LogP contribution in [0.3, 0.4) is 0 Å². The predicted molar refractivity (Wildman–Crippen MR) is 88.9 cm³/mol. The van der Waals surface area contributed by atoms with E-state index in [1.54, 1.807) is 0 Å². The van der Waals surface area contributed by atoms with E-state index in [0.29, 0.717) is 18.1 Å². The number of hydrogen-bond acceptors (Lipinski definition) is 4. The van der Waals surface area contributed by atoms with Crippen LogP contribution in [0, 0.1) is 5.92 Å². The minimum Gasteiger partial charge on any atom is -0.378 e. The van der Waals surface area contributed by atoms with Crippen molar-refractivity contribution < 1.29 is 4.74 Å². The Balaban J connectivity index is 1.76. The molecule has 1 aromatic heterocycles. The van der Waals surface area contributed by atoms with Gasteiger partial charge >= 0.3 is 0 Å². The highest BCUT2D eigenvalue weighted by atomic mass is 32.1. The maximum Gasteiger partial charge on any atom is 0.0954 e. The van der Waals surface area contributed by atoms with Crippen LogP contribution in [-0.4, -0.2) is 30.3 Å². The van der Waals surface area contributed by atoms with Crippen LogP contribution in [0.5, 0.6) is 0 Å². The Morgan fingerprint density at radius 3 is 3.00 bits per heavy atom. The van der Waals surface area contributed by atoms with Crippen LogP contribution < -0.4 is 5.32 Å². The Kier molecular flexibility index (Phi) is 4.88. The molecule has 1 N–H and O–H groups in total. The molecule has 0 radical (unpaired) electrons. The molecule has 3 rings (SSSR count). The van der Waals surface area contributed by atoms with Crippen molar-refractivity contribution in [3.05, 3.63) is 29.3 Å². The first-order chi connectivity index (χ1) is 10.3. The molecule has 0 amide bonds. The number of aromatic nitrogens is 1. The molecule has 1 aromatic carbocycles. The zero-order valence-corrected chi connectivity index (χ0v) is 13.7. The molecule has 1 aliphatic heterocycles. The van der Waals surface area contributed by atoms with Gasteiger partial charge in [-0.25, -0.2) is 4.98 Å². The standard InChI is InChI=1S/C17H24N2OS/c1-3-9-18-15(13-8-10-20-12(13)2)11-17-19-14-6-4-5-7-16(14)21-17/h4-7,12-13,15,18H,3,8-11H2,1-2H3. The van der Waals surface area contributed by atoms with Gasteiger partial charge in [-0.1, -0.05) is 19.1 Å². The van der Waals surface area contributed by atoms with E-state index >= 15 is 0 Å². The molecule has 0 bridgehead atoms. The Morgan fingerprint density at radius 2 is 2.29 bits per heavy atom. The van der Waals surface area contributed by atoms with Gasteiger partial charge in [0.25, 0.3) is 0 Å². The lowest BCUT2D eigenvalue weighted by atomic mass is 9.91. The second-order valence-electron chi connectivity index (χ2n) is 5.87. The maximum atomic E-state index is 5.77. The van der Waals surface area contributed by atoms with E-state index in [4.69, 9.17) is 9.72 Å². The van der Waals surface area contributed by atoms with Crippen LogP contribution >= 0.6 is 11.3 Å². The van der Waals surface area contributed by atoms with Gasteiger partial charge in [0.05, 0.1) is 21.3 Å². The molecule has 0 saturated carbocycles. The molecule has 1 saturated heterocycles. The molecule has 0 aliphatic carbocycles. The van der Waals surface area contributed by atoms with Crippen molar-refractivity contribution >= 4 is 21.6 Å². The molecule has 3 atom stereocenters. The fourth-order valence-corrected chi connectivity index (χ4v) is 4.20. The van der Waals surface area contributed by atoms with Gasteiger partial charge in [-0.3, -0.25) is 0 Å². The first-order valence-electron chi connectivity index (χ1n) is 7.97. The van der Waals surface area contributed by atoms with Gasteiger partial charge in [0.15, 0.2) is 0 Å². The molecule has 2 aromatic rings. The number of hydrogen-bond donors (Lipinski definition) is 1. The molecule has 3 unspecified atom stereocenters. The zero-order chi connectivity index (χ0) is 14.7. The quantitative estimate of drug-likeness (QED) is 0.885. The van der Waals surface area contributed by atoms with Crippen LogP contribution in [0.15, 0.2) is 24.3 Å². The van der Waals surface area contributed by atoms with Gasteiger partial charge in [-0.2, -0.15) is 0 Å². The SMILES string of the molecule is CCCNC(Cc1nc2ccccc2s1)C1CCOC1C. The van der Waals surface area contributed by atoms with Crippen LogP contribution in [0.4, 0.5) is 0 Å². The van der Waals surface area contributed by atoms with Crippen LogP contribution in [0.2, 0.25) is 0 Å². The van der Waals surface area contributed by atoms with Crippen molar-refractivity contribution in [3.63, 3.8) is 0 Å². The first-order valence-corrected chi connectivity index (χ1v) is 8.79. The fraction of sp³-hybridized carbons (Fsp3) is 0.588. The minimum absolute atomic E-state index is 0.355. The maximum absolute atomic E-state index is 5.77. The van der Waals surface area contributed by atoms with E-state index in [2.05, 4.69) is 43.4 Å². The zero-order valence-electron chi connectivity index (χ0n) is 12.8. The molecule has 4 heteroatoms. The second-order valence-corrected chi connectivity index (χ2v) is 6.98. The van der Waals surface area contributed by atoms with Crippen molar-refractivity contribution in [2.45, 2.75) is 45.3 Å². The number of para-hydroxylation sites is 1. The van der Waals surface area contributed by atoms with E-state index in [9.17, 15) is 0 Å². The van der Waals surface area contributed by atoms with Crippen molar-refractivity contribution in [1.82, 2.24) is 10.3 Å². The van der Waals surface area contributed by atoms with Gasteiger partial charge in [0.2, 0.25) is 0 Å². The molecule has 3 nitrogen and oxygen atoms in total. The third-order valence-electron chi connectivity index (χ3n) is 4.34. The normalized spacial score (nSPS) is 23.7. The molecular weight excluding hydrogens is 280 g/mol. The largest absolute Gasteiger partial charge is 0.378 e. The van der Waals surface area contributed by atoms with Crippen molar-refractivity contribution in [2.24, 2.45) is 5.92 Å². The van der Waals surface area contributed by atoms with Crippen molar-refractivity contribution in [1.29, 1.82) is 0 Å². The highest BCUT2D eigenvalue weighted by molar-refractivity contribution is 7.18. The summed E-state index contributed by atoms with van der Waals surface area (Å²) in [6.45, 7) is 6.39. The lowest BCUT2D eigenvalue weighted by Gasteiger charge is -2.26. The third kappa shape index (κ3) is 3.44. The minimum atomic E-state index is 0.355. The molecule has 0 spiro atoms. The van der Waals surface area contributed by atoms with Gasteiger partial charge in [0.1, 0.15) is 0 Å². The Bertz CT molecular complexity index is 550. The number of ether oxygens (including phenoxy) is 1. The Hall–Kier alpha value is -0.970. The van der Waals surface area contributed by atoms with E-state index in [-0.39, 0.29) is 0 Å². The average molecular weight is 304 g/mol. The predicted octanol–water partition coefficient (Wildman–Crippen LogP) is 3.63. The summed E-state index contributed by atoms with van der Waals surface area (Å²) in [6, 6.07) is 8.88. The van der Waals surface area contributed by atoms with Gasteiger partial charge in [0, 0.05) is 25.0 Å². The Labute approximate surface area is 130 Å². The number of fused-ring (bicyclic) bond motifs is 1. The topological polar surface area (TPSA) is 34.2 Å². The summed E-state index contributed by atoms with van der Waals surface area (Å²) in [5.41, 5.74) is 1.13. The van der Waals surface area contributed by atoms with Gasteiger partial charge in [-0.15, -0.1) is 11.3 Å². The highest BCUT2D eigenvalue weighted by Gasteiger charge is 2.32. The molecule has 114 valence electrons. The lowest BCUT2D eigenvalue weighted by molar-refractivity contribution is 0.0954. The Morgan fingerprint density at radius 1 is 1.43 bits per heavy atom. The summed E-state index contributed by atoms with van der Waals surface area (Å²) < 4.78 is 7.06. The summed E-state index contributed by atoms with van der Waals surface area (Å²) >= 11 is 1.83. The monoisotopic (exact) mass is 304 g/mol. The van der Waals surface area contributed by atoms with E-state index in [1.165, 1.54) is 9.71 Å². The van der Waals surface area contributed by atoms with Crippen LogP contribution in [-0.2, 0) is 11.2 Å². The fourth-order valence-electron chi connectivity index (χ4n) is 3.18. The lowest BCUT2D eigenvalue weighted by Crippen LogP contribution is -2.41. The van der Waals surface area contributed by atoms with Crippen LogP contribution in [0.1, 0.15) is 31.7 Å². The van der Waals surface area contributed by atoms with Crippen molar-refractivity contribution in [2.75, 3.05) is 13.2 Å². The van der Waals surface area contributed by atoms with E-state index in [1.807, 2.05) is 11.3 Å². The highest BCUT2D eigenvalue weighted by Crippen LogP contribution is 2.28. The summed E-state index contributed by atoms with van der Waals surface area (Å²) in [4.78, 5) is 4.79. The summed E-state index contributed by atoms with van der Waals surface area (Å²) in [5, 5.41) is 4.96. The number of nitrogens with zero attached hydrogens (tertiary/aromatic N) is 1. The number of benzene rings is 1. The van der Waals surface area contributed by atoms with Gasteiger partial charge in [-0.05, 0) is 38.4 Å². The molecular formula is C17H24N2OS. The first kappa shape index (κ1) is 14.9. The smallest absolute Gasteiger partial charge is 0.0954 e. The summed E-state index contributed by atoms with van der Waals surface area (Å²) in [6.07, 6.45) is 3.69. The molecule has 2 heterocycles. The molecule has 1 fully saturated rings. The van der Waals surface area contributed by atoms with Crippen molar-refractivity contribution in [3.8, 4) is 0 Å². The summed E-state index contributed by atoms with van der Waals surface area (Å²) in [7, 11) is 0. The second kappa shape index (κ2) is 6.86. The van der Waals surface area contributed by atoms with Crippen LogP contribution in [0.25, 0.3) is 10.2 Å². The van der Waals surface area contributed by atoms with E-state index < -0.39 is 0 Å². The number of thiazole rings is 1. The number of nitrogens with one attached hydrogen (secondary N) is 1. The summed E-state index contributed by atoms with van der Waals surface area (Å²) in [5.74, 6) is 0.601. The molecule has 1 aliphatic rings. The molecule has 21 heavy (non-hydrogen) atoms. The van der Waals surface area contributed by atoms with Gasteiger partial charge < -0.3 is 10.1 Å². The van der Waals surface area contributed by atoms with E-state index in [0.717, 1.165) is 37.9 Å². The average Bonchev–Trinajstić information content (AvgIpc) is 3.08. The third-order valence-corrected chi connectivity index (χ3v) is 5.40.